The number of thiazole rings is 1. The van der Waals surface area contributed by atoms with Gasteiger partial charge in [-0.05, 0) is 79.1 Å². The summed E-state index contributed by atoms with van der Waals surface area (Å²) in [5.41, 5.74) is 8.37. The maximum Gasteiger partial charge on any atom is 0.338 e. The molecule has 50 heavy (non-hydrogen) atoms. The largest absolute Gasteiger partial charge is 0.463 e. The van der Waals surface area contributed by atoms with Crippen LogP contribution in [-0.4, -0.2) is 35.8 Å². The fourth-order valence-corrected chi connectivity index (χ4v) is 7.72. The topological polar surface area (TPSA) is 68.8 Å². The predicted octanol–water partition coefficient (Wildman–Crippen LogP) is 7.75. The van der Waals surface area contributed by atoms with E-state index >= 15 is 0 Å². The first-order valence-corrected chi connectivity index (χ1v) is 18.0. The van der Waals surface area contributed by atoms with Crippen LogP contribution in [0.5, 0.6) is 0 Å². The SMILES string of the molecule is CCOC(=O)C1=C(C)N=c2s/c(=C\c3cc(-c4ccccc4)n(-c4ccc(Br)cc4)c3-c3ccccc3)c(=O)n2[C@H]1c1ccc(N(C)C)cc1. The van der Waals surface area contributed by atoms with Crippen molar-refractivity contribution in [2.45, 2.75) is 19.9 Å². The zero-order valence-electron chi connectivity index (χ0n) is 28.1. The highest BCUT2D eigenvalue weighted by molar-refractivity contribution is 9.10. The minimum Gasteiger partial charge on any atom is -0.463 e. The number of hydrogen-bond donors (Lipinski definition) is 0. The molecule has 9 heteroatoms. The summed E-state index contributed by atoms with van der Waals surface area (Å²) >= 11 is 4.92. The summed E-state index contributed by atoms with van der Waals surface area (Å²) in [5, 5.41) is 0. The molecule has 4 aromatic carbocycles. The summed E-state index contributed by atoms with van der Waals surface area (Å²) in [4.78, 5) is 35.4. The molecule has 0 N–H and O–H groups in total. The normalized spacial score (nSPS) is 14.3. The van der Waals surface area contributed by atoms with E-state index in [2.05, 4.69) is 63.0 Å². The second-order valence-corrected chi connectivity index (χ2v) is 14.1. The maximum atomic E-state index is 14.6. The third kappa shape index (κ3) is 6.19. The van der Waals surface area contributed by atoms with Crippen LogP contribution >= 0.6 is 27.3 Å². The zero-order chi connectivity index (χ0) is 34.9. The first-order valence-electron chi connectivity index (χ1n) is 16.3. The molecule has 1 aliphatic rings. The molecule has 0 unspecified atom stereocenters. The van der Waals surface area contributed by atoms with Gasteiger partial charge in [-0.3, -0.25) is 9.36 Å². The number of esters is 1. The molecule has 6 aromatic rings. The Morgan fingerprint density at radius 2 is 1.56 bits per heavy atom. The summed E-state index contributed by atoms with van der Waals surface area (Å²) in [6.45, 7) is 3.80. The van der Waals surface area contributed by atoms with Crippen molar-refractivity contribution in [1.82, 2.24) is 9.13 Å². The number of halogens is 1. The highest BCUT2D eigenvalue weighted by Gasteiger charge is 2.33. The standard InChI is InChI=1S/C41H35BrN4O3S/c1-5-49-40(48)36-26(2)43-41-46(38(36)29-16-20-32(21-17-29)44(3)4)39(47)35(50-41)25-30-24-34(27-12-8-6-9-13-27)45(33-22-18-31(42)19-23-33)37(30)28-14-10-7-11-15-28/h6-25,38H,5H2,1-4H3/b35-25-/t38-/m0/s1. The fraction of sp³-hybridized carbons (Fsp3) is 0.146. The lowest BCUT2D eigenvalue weighted by Gasteiger charge is -2.25. The number of benzene rings is 4. The molecule has 0 amide bonds. The Labute approximate surface area is 302 Å². The van der Waals surface area contributed by atoms with Crippen LogP contribution in [0.15, 0.2) is 141 Å². The lowest BCUT2D eigenvalue weighted by Crippen LogP contribution is -2.40. The first-order chi connectivity index (χ1) is 24.2. The molecule has 2 aromatic heterocycles. The highest BCUT2D eigenvalue weighted by Crippen LogP contribution is 2.37. The number of carbonyl (C=O) groups excluding carboxylic acids is 1. The van der Waals surface area contributed by atoms with Crippen molar-refractivity contribution in [3.05, 3.63) is 162 Å². The Kier molecular flexibility index (Phi) is 9.27. The summed E-state index contributed by atoms with van der Waals surface area (Å²) in [6.07, 6.45) is 1.96. The molecule has 0 bridgehead atoms. The quantitative estimate of drug-likeness (QED) is 0.150. The molecule has 0 fully saturated rings. The summed E-state index contributed by atoms with van der Waals surface area (Å²) in [7, 11) is 3.95. The van der Waals surface area contributed by atoms with Gasteiger partial charge in [-0.1, -0.05) is 100 Å². The van der Waals surface area contributed by atoms with Crippen LogP contribution in [0.1, 0.15) is 31.0 Å². The van der Waals surface area contributed by atoms with Gasteiger partial charge >= 0.3 is 5.97 Å². The number of aromatic nitrogens is 2. The summed E-state index contributed by atoms with van der Waals surface area (Å²) in [6, 6.07) is 38.1. The van der Waals surface area contributed by atoms with E-state index in [4.69, 9.17) is 9.73 Å². The van der Waals surface area contributed by atoms with Gasteiger partial charge in [0.05, 0.1) is 39.8 Å². The van der Waals surface area contributed by atoms with Gasteiger partial charge in [-0.25, -0.2) is 9.79 Å². The molecule has 1 aliphatic heterocycles. The summed E-state index contributed by atoms with van der Waals surface area (Å²) < 4.78 is 10.9. The van der Waals surface area contributed by atoms with Gasteiger partial charge in [-0.15, -0.1) is 0 Å². The van der Waals surface area contributed by atoms with Crippen molar-refractivity contribution in [2.75, 3.05) is 25.6 Å². The number of rotatable bonds is 8. The molecular formula is C41H35BrN4O3S. The van der Waals surface area contributed by atoms with E-state index in [0.717, 1.165) is 49.5 Å². The number of nitrogens with zero attached hydrogens (tertiary/aromatic N) is 4. The smallest absolute Gasteiger partial charge is 0.338 e. The summed E-state index contributed by atoms with van der Waals surface area (Å²) in [5.74, 6) is -0.477. The molecule has 7 nitrogen and oxygen atoms in total. The molecule has 0 saturated heterocycles. The van der Waals surface area contributed by atoms with Gasteiger partial charge in [0.25, 0.3) is 5.56 Å². The van der Waals surface area contributed by atoms with E-state index in [1.165, 1.54) is 11.3 Å². The number of carbonyl (C=O) groups is 1. The Bertz CT molecular complexity index is 2410. The lowest BCUT2D eigenvalue weighted by atomic mass is 9.95. The van der Waals surface area contributed by atoms with Gasteiger partial charge < -0.3 is 14.2 Å². The van der Waals surface area contributed by atoms with Crippen molar-refractivity contribution in [1.29, 1.82) is 0 Å². The molecule has 1 atom stereocenters. The van der Waals surface area contributed by atoms with E-state index in [9.17, 15) is 9.59 Å². The Morgan fingerprint density at radius 3 is 2.18 bits per heavy atom. The van der Waals surface area contributed by atoms with Crippen LogP contribution in [0, 0.1) is 0 Å². The van der Waals surface area contributed by atoms with Gasteiger partial charge in [0.15, 0.2) is 4.80 Å². The Hall–Kier alpha value is -5.25. The number of allylic oxidation sites excluding steroid dienone is 1. The number of hydrogen-bond acceptors (Lipinski definition) is 6. The van der Waals surface area contributed by atoms with Crippen LogP contribution in [0.4, 0.5) is 5.69 Å². The predicted molar refractivity (Wildman–Crippen MR) is 206 cm³/mol. The van der Waals surface area contributed by atoms with Crippen LogP contribution in [0.3, 0.4) is 0 Å². The van der Waals surface area contributed by atoms with Crippen molar-refractivity contribution >= 4 is 45.0 Å². The molecule has 250 valence electrons. The first kappa shape index (κ1) is 33.3. The van der Waals surface area contributed by atoms with Crippen molar-refractivity contribution in [2.24, 2.45) is 4.99 Å². The van der Waals surface area contributed by atoms with Crippen LogP contribution in [0.2, 0.25) is 0 Å². The van der Waals surface area contributed by atoms with Crippen molar-refractivity contribution in [3.8, 4) is 28.2 Å². The molecule has 7 rings (SSSR count). The maximum absolute atomic E-state index is 14.6. The number of ether oxygens (including phenoxy) is 1. The minimum absolute atomic E-state index is 0.216. The van der Waals surface area contributed by atoms with Crippen LogP contribution in [0.25, 0.3) is 34.3 Å². The lowest BCUT2D eigenvalue weighted by molar-refractivity contribution is -0.139. The van der Waals surface area contributed by atoms with E-state index in [0.29, 0.717) is 20.6 Å². The monoisotopic (exact) mass is 742 g/mol. The zero-order valence-corrected chi connectivity index (χ0v) is 30.5. The number of anilines is 1. The molecule has 0 aliphatic carbocycles. The fourth-order valence-electron chi connectivity index (χ4n) is 6.41. The average molecular weight is 744 g/mol. The van der Waals surface area contributed by atoms with Crippen molar-refractivity contribution in [3.63, 3.8) is 0 Å². The van der Waals surface area contributed by atoms with Gasteiger partial charge in [0.1, 0.15) is 0 Å². The van der Waals surface area contributed by atoms with E-state index < -0.39 is 12.0 Å². The average Bonchev–Trinajstić information content (AvgIpc) is 3.65. The van der Waals surface area contributed by atoms with Crippen LogP contribution in [-0.2, 0) is 9.53 Å². The molecule has 3 heterocycles. The van der Waals surface area contributed by atoms with E-state index in [1.54, 1.807) is 11.5 Å². The molecule has 0 saturated carbocycles. The minimum atomic E-state index is -0.690. The second-order valence-electron chi connectivity index (χ2n) is 12.2. The van der Waals surface area contributed by atoms with Gasteiger partial charge in [0, 0.05) is 35.5 Å². The van der Waals surface area contributed by atoms with Gasteiger partial charge in [-0.2, -0.15) is 0 Å². The highest BCUT2D eigenvalue weighted by atomic mass is 79.9. The van der Waals surface area contributed by atoms with Crippen molar-refractivity contribution < 1.29 is 9.53 Å². The Balaban J connectivity index is 1.49. The van der Waals surface area contributed by atoms with E-state index in [1.807, 2.05) is 105 Å². The molecule has 0 radical (unpaired) electrons. The third-order valence-corrected chi connectivity index (χ3v) is 10.3. The van der Waals surface area contributed by atoms with Gasteiger partial charge in [0.2, 0.25) is 0 Å². The Morgan fingerprint density at radius 1 is 0.920 bits per heavy atom. The second kappa shape index (κ2) is 13.9. The third-order valence-electron chi connectivity index (χ3n) is 8.76. The number of fused-ring (bicyclic) bond motifs is 1. The molecular weight excluding hydrogens is 708 g/mol. The molecule has 0 spiro atoms. The van der Waals surface area contributed by atoms with E-state index in [-0.39, 0.29) is 12.2 Å². The van der Waals surface area contributed by atoms with Crippen LogP contribution < -0.4 is 19.8 Å².